The molecule has 0 radical (unpaired) electrons. The molecule has 6 heteroatoms. The minimum absolute atomic E-state index is 0.0303. The largest absolute Gasteiger partial charge is 0.354 e. The van der Waals surface area contributed by atoms with Crippen molar-refractivity contribution in [2.24, 2.45) is 0 Å². The lowest BCUT2D eigenvalue weighted by atomic mass is 10.1. The van der Waals surface area contributed by atoms with Crippen molar-refractivity contribution in [2.75, 3.05) is 0 Å². The van der Waals surface area contributed by atoms with Crippen LogP contribution in [0.2, 0.25) is 0 Å². The maximum absolute atomic E-state index is 12.3. The molecule has 1 aliphatic rings. The summed E-state index contributed by atoms with van der Waals surface area (Å²) in [6.07, 6.45) is 1.57. The lowest BCUT2D eigenvalue weighted by Gasteiger charge is -1.98. The minimum Gasteiger partial charge on any atom is -0.354 e. The van der Waals surface area contributed by atoms with Crippen molar-refractivity contribution < 1.29 is 14.5 Å². The van der Waals surface area contributed by atoms with Crippen molar-refractivity contribution in [3.05, 3.63) is 75.5 Å². The fourth-order valence-corrected chi connectivity index (χ4v) is 2.93. The first-order valence-electron chi connectivity index (χ1n) is 7.22. The summed E-state index contributed by atoms with van der Waals surface area (Å²) >= 11 is 0. The lowest BCUT2D eigenvalue weighted by molar-refractivity contribution is -0.384. The highest BCUT2D eigenvalue weighted by Crippen LogP contribution is 2.36. The molecule has 0 bridgehead atoms. The summed E-state index contributed by atoms with van der Waals surface area (Å²) in [6, 6.07) is 13.1. The van der Waals surface area contributed by atoms with E-state index in [0.29, 0.717) is 16.8 Å². The van der Waals surface area contributed by atoms with Gasteiger partial charge in [0, 0.05) is 23.0 Å². The van der Waals surface area contributed by atoms with Gasteiger partial charge in [-0.05, 0) is 29.8 Å². The molecule has 4 rings (SSSR count). The Kier molecular flexibility index (Phi) is 2.93. The Balaban J connectivity index is 1.86. The van der Waals surface area contributed by atoms with Crippen LogP contribution in [0.5, 0.6) is 0 Å². The van der Waals surface area contributed by atoms with Crippen molar-refractivity contribution in [3.8, 4) is 0 Å². The van der Waals surface area contributed by atoms with E-state index in [9.17, 15) is 19.7 Å². The summed E-state index contributed by atoms with van der Waals surface area (Å²) in [5.74, 6) is -1.10. The van der Waals surface area contributed by atoms with Crippen LogP contribution in [0.4, 0.5) is 5.69 Å². The van der Waals surface area contributed by atoms with Gasteiger partial charge in [0.15, 0.2) is 0 Å². The predicted octanol–water partition coefficient (Wildman–Crippen LogP) is 3.38. The third kappa shape index (κ3) is 1.97. The summed E-state index contributed by atoms with van der Waals surface area (Å²) in [7, 11) is 0. The van der Waals surface area contributed by atoms with Gasteiger partial charge >= 0.3 is 0 Å². The number of carbonyl (C=O) groups is 2. The molecule has 0 saturated carbocycles. The van der Waals surface area contributed by atoms with Crippen LogP contribution in [-0.4, -0.2) is 21.5 Å². The second-order valence-electron chi connectivity index (χ2n) is 5.49. The number of non-ortho nitro benzene ring substituents is 1. The third-order valence-electron chi connectivity index (χ3n) is 4.07. The SMILES string of the molecule is O=C1C(=O)c2c([nH]c3ccccc23)/C1=C\c1ccc([N+](=O)[O-])cc1. The first kappa shape index (κ1) is 14.1. The van der Waals surface area contributed by atoms with Gasteiger partial charge in [-0.1, -0.05) is 18.2 Å². The lowest BCUT2D eigenvalue weighted by Crippen LogP contribution is -2.06. The highest BCUT2D eigenvalue weighted by atomic mass is 16.6. The zero-order valence-electron chi connectivity index (χ0n) is 12.3. The Labute approximate surface area is 135 Å². The third-order valence-corrected chi connectivity index (χ3v) is 4.07. The number of fused-ring (bicyclic) bond motifs is 3. The van der Waals surface area contributed by atoms with Crippen molar-refractivity contribution in [1.82, 2.24) is 4.98 Å². The molecular weight excluding hydrogens is 308 g/mol. The van der Waals surface area contributed by atoms with E-state index in [1.54, 1.807) is 24.3 Å². The van der Waals surface area contributed by atoms with Crippen LogP contribution in [0.25, 0.3) is 22.6 Å². The molecule has 0 atom stereocenters. The average molecular weight is 318 g/mol. The second kappa shape index (κ2) is 4.99. The number of nitro groups is 1. The Hall–Kier alpha value is -3.54. The van der Waals surface area contributed by atoms with Crippen molar-refractivity contribution in [1.29, 1.82) is 0 Å². The second-order valence-corrected chi connectivity index (χ2v) is 5.49. The molecule has 0 unspecified atom stereocenters. The summed E-state index contributed by atoms with van der Waals surface area (Å²) < 4.78 is 0. The molecule has 0 aliphatic heterocycles. The highest BCUT2D eigenvalue weighted by molar-refractivity contribution is 6.65. The van der Waals surface area contributed by atoms with Gasteiger partial charge in [0.05, 0.1) is 21.8 Å². The van der Waals surface area contributed by atoms with E-state index in [4.69, 9.17) is 0 Å². The number of H-pyrrole nitrogens is 1. The number of hydrogen-bond acceptors (Lipinski definition) is 4. The van der Waals surface area contributed by atoms with Crippen LogP contribution >= 0.6 is 0 Å². The Bertz CT molecular complexity index is 1060. The zero-order valence-corrected chi connectivity index (χ0v) is 12.3. The molecule has 1 heterocycles. The van der Waals surface area contributed by atoms with E-state index in [1.807, 2.05) is 18.2 Å². The van der Waals surface area contributed by atoms with E-state index in [0.717, 1.165) is 10.9 Å². The number of benzene rings is 2. The number of carbonyl (C=O) groups excluding carboxylic acids is 2. The summed E-state index contributed by atoms with van der Waals surface area (Å²) in [5, 5.41) is 11.4. The molecule has 3 aromatic rings. The van der Waals surface area contributed by atoms with E-state index < -0.39 is 16.5 Å². The molecule has 24 heavy (non-hydrogen) atoms. The summed E-state index contributed by atoms with van der Waals surface area (Å²) in [5.41, 5.74) is 2.55. The monoisotopic (exact) mass is 318 g/mol. The topological polar surface area (TPSA) is 93.1 Å². The number of para-hydroxylation sites is 1. The first-order valence-corrected chi connectivity index (χ1v) is 7.22. The number of allylic oxidation sites excluding steroid dienone is 1. The standard InChI is InChI=1S/C18H10N2O4/c21-17-13(9-10-5-7-11(8-6-10)20(23)24)16-15(18(17)22)12-3-1-2-4-14(12)19-16/h1-9,19H/b13-9+. The van der Waals surface area contributed by atoms with E-state index in [-0.39, 0.29) is 11.3 Å². The fraction of sp³-hybridized carbons (Fsp3) is 0. The molecule has 1 aromatic heterocycles. The van der Waals surface area contributed by atoms with Crippen LogP contribution in [-0.2, 0) is 4.79 Å². The first-order chi connectivity index (χ1) is 11.6. The number of aromatic amines is 1. The molecule has 0 fully saturated rings. The van der Waals surface area contributed by atoms with Crippen molar-refractivity contribution in [2.45, 2.75) is 0 Å². The Morgan fingerprint density at radius 2 is 1.67 bits per heavy atom. The molecule has 1 aliphatic carbocycles. The van der Waals surface area contributed by atoms with Gasteiger partial charge < -0.3 is 4.98 Å². The molecule has 6 nitrogen and oxygen atoms in total. The highest BCUT2D eigenvalue weighted by Gasteiger charge is 2.36. The van der Waals surface area contributed by atoms with Crippen LogP contribution in [0.15, 0.2) is 48.5 Å². The van der Waals surface area contributed by atoms with Gasteiger partial charge in [-0.3, -0.25) is 19.7 Å². The van der Waals surface area contributed by atoms with Gasteiger partial charge in [0.1, 0.15) is 0 Å². The van der Waals surface area contributed by atoms with Gasteiger partial charge in [0.2, 0.25) is 11.6 Å². The normalized spacial score (nSPS) is 15.2. The number of Topliss-reactive ketones (excluding diaryl/α,β-unsaturated/α-hetero) is 2. The number of nitrogens with zero attached hydrogens (tertiary/aromatic N) is 1. The van der Waals surface area contributed by atoms with Crippen LogP contribution < -0.4 is 0 Å². The number of rotatable bonds is 2. The molecular formula is C18H10N2O4. The molecule has 0 spiro atoms. The minimum atomic E-state index is -0.569. The fourth-order valence-electron chi connectivity index (χ4n) is 2.93. The molecule has 2 aromatic carbocycles. The summed E-state index contributed by atoms with van der Waals surface area (Å²) in [4.78, 5) is 37.9. The smallest absolute Gasteiger partial charge is 0.269 e. The zero-order chi connectivity index (χ0) is 16.8. The van der Waals surface area contributed by atoms with Crippen molar-refractivity contribution >= 4 is 39.8 Å². The number of nitrogens with one attached hydrogen (secondary N) is 1. The predicted molar refractivity (Wildman–Crippen MR) is 88.6 cm³/mol. The van der Waals surface area contributed by atoms with Gasteiger partial charge in [-0.25, -0.2) is 0 Å². The average Bonchev–Trinajstić information content (AvgIpc) is 3.07. The molecule has 0 amide bonds. The van der Waals surface area contributed by atoms with Crippen LogP contribution in [0.3, 0.4) is 0 Å². The maximum Gasteiger partial charge on any atom is 0.269 e. The van der Waals surface area contributed by atoms with Crippen molar-refractivity contribution in [3.63, 3.8) is 0 Å². The number of aromatic nitrogens is 1. The number of nitro benzene ring substituents is 1. The molecule has 1 N–H and O–H groups in total. The van der Waals surface area contributed by atoms with Crippen LogP contribution in [0.1, 0.15) is 21.6 Å². The molecule has 0 saturated heterocycles. The van der Waals surface area contributed by atoms with E-state index >= 15 is 0 Å². The Morgan fingerprint density at radius 1 is 0.958 bits per heavy atom. The summed E-state index contributed by atoms with van der Waals surface area (Å²) in [6.45, 7) is 0. The number of ketones is 2. The van der Waals surface area contributed by atoms with Gasteiger partial charge in [0.25, 0.3) is 5.69 Å². The van der Waals surface area contributed by atoms with E-state index in [2.05, 4.69) is 4.98 Å². The Morgan fingerprint density at radius 3 is 2.38 bits per heavy atom. The number of hydrogen-bond donors (Lipinski definition) is 1. The molecule has 116 valence electrons. The maximum atomic E-state index is 12.3. The van der Waals surface area contributed by atoms with Crippen LogP contribution in [0, 0.1) is 10.1 Å². The van der Waals surface area contributed by atoms with Gasteiger partial charge in [-0.15, -0.1) is 0 Å². The van der Waals surface area contributed by atoms with Gasteiger partial charge in [-0.2, -0.15) is 0 Å². The quantitative estimate of drug-likeness (QED) is 0.339. The van der Waals surface area contributed by atoms with E-state index in [1.165, 1.54) is 12.1 Å².